The Morgan fingerprint density at radius 1 is 1.03 bits per heavy atom. The van der Waals surface area contributed by atoms with E-state index < -0.39 is 40.5 Å². The number of allylic oxidation sites excluding steroid dienone is 1. The lowest BCUT2D eigenvalue weighted by molar-refractivity contribution is -0.255. The van der Waals surface area contributed by atoms with Crippen LogP contribution >= 0.6 is 0 Å². The lowest BCUT2D eigenvalue weighted by Crippen LogP contribution is -2.70. The average molecular weight is 505 g/mol. The summed E-state index contributed by atoms with van der Waals surface area (Å²) >= 11 is 0. The van der Waals surface area contributed by atoms with Crippen LogP contribution in [0.2, 0.25) is 0 Å². The van der Waals surface area contributed by atoms with E-state index in [1.54, 1.807) is 0 Å². The van der Waals surface area contributed by atoms with E-state index in [4.69, 9.17) is 0 Å². The number of fused-ring (bicyclic) bond motifs is 7. The van der Waals surface area contributed by atoms with Gasteiger partial charge >= 0.3 is 5.97 Å². The number of aliphatic carboxylic acids is 1. The summed E-state index contributed by atoms with van der Waals surface area (Å²) in [6.45, 7) is 12.5. The Morgan fingerprint density at radius 3 is 2.31 bits per heavy atom. The maximum Gasteiger partial charge on any atom is 0.310 e. The molecule has 0 radical (unpaired) electrons. The van der Waals surface area contributed by atoms with Gasteiger partial charge in [-0.25, -0.2) is 0 Å². The molecule has 0 amide bonds. The van der Waals surface area contributed by atoms with Crippen molar-refractivity contribution in [2.24, 2.45) is 50.7 Å². The smallest absolute Gasteiger partial charge is 0.310 e. The van der Waals surface area contributed by atoms with E-state index in [0.717, 1.165) is 24.8 Å². The minimum atomic E-state index is -1.11. The first-order valence-electron chi connectivity index (χ1n) is 14.2. The second-order valence-electron chi connectivity index (χ2n) is 14.7. The third kappa shape index (κ3) is 2.91. The van der Waals surface area contributed by atoms with Crippen molar-refractivity contribution >= 4 is 5.97 Å². The highest BCUT2D eigenvalue weighted by Crippen LogP contribution is 2.76. The van der Waals surface area contributed by atoms with Gasteiger partial charge < -0.3 is 25.5 Å². The summed E-state index contributed by atoms with van der Waals surface area (Å²) in [6, 6.07) is 0. The minimum Gasteiger partial charge on any atom is -0.481 e. The van der Waals surface area contributed by atoms with E-state index in [-0.39, 0.29) is 40.6 Å². The zero-order valence-electron chi connectivity index (χ0n) is 23.0. The number of carboxylic acids is 1. The summed E-state index contributed by atoms with van der Waals surface area (Å²) in [4.78, 5) is 12.8. The van der Waals surface area contributed by atoms with Crippen LogP contribution in [0.3, 0.4) is 0 Å². The Kier molecular flexibility index (Phi) is 5.77. The van der Waals surface area contributed by atoms with E-state index in [9.17, 15) is 30.3 Å². The first kappa shape index (κ1) is 26.6. The second-order valence-corrected chi connectivity index (χ2v) is 14.7. The number of carboxylic acid groups (broad SMARTS) is 1. The van der Waals surface area contributed by atoms with Crippen LogP contribution in [0.4, 0.5) is 0 Å². The van der Waals surface area contributed by atoms with Gasteiger partial charge in [-0.1, -0.05) is 46.3 Å². The SMILES string of the molecule is C[C@@H]1CC[C@]2(C(=O)O)CC[C@]3(C)C(=CC[C@@H]4[C@@]5(C)CCC(O)C(C)(CO)[C@@H]5C(O)C[C@]43C)[C@@H]2[C@]1(C)O. The molecule has 5 rings (SSSR count). The van der Waals surface area contributed by atoms with Crippen LogP contribution in [-0.2, 0) is 4.79 Å². The van der Waals surface area contributed by atoms with Crippen LogP contribution in [0.5, 0.6) is 0 Å². The molecule has 0 bridgehead atoms. The fourth-order valence-corrected chi connectivity index (χ4v) is 11.0. The molecular formula is C30H48O6. The van der Waals surface area contributed by atoms with E-state index in [2.05, 4.69) is 26.8 Å². The van der Waals surface area contributed by atoms with Gasteiger partial charge in [-0.15, -0.1) is 0 Å². The van der Waals surface area contributed by atoms with Gasteiger partial charge in [0.25, 0.3) is 0 Å². The first-order valence-corrected chi connectivity index (χ1v) is 14.2. The standard InChI is InChI=1S/C30H48O6/c1-17-9-12-30(24(34)35)14-13-27(4)18(22(30)29(17,6)36)7-8-20-25(2)11-10-21(33)26(3,16-31)23(25)19(32)15-28(20,27)5/h7,17,19-23,31-33,36H,8-16H2,1-6H3,(H,34,35)/t17-,19?,20-,21?,22-,23-,25-,26?,27-,28-,29-,30+/m1/s1. The number of hydrogen-bond donors (Lipinski definition) is 5. The molecule has 4 fully saturated rings. The Balaban J connectivity index is 1.66. The lowest BCUT2D eigenvalue weighted by atomic mass is 9.32. The maximum atomic E-state index is 12.8. The predicted octanol–water partition coefficient (Wildman–Crippen LogP) is 4.15. The Hall–Kier alpha value is -0.950. The second kappa shape index (κ2) is 7.80. The molecule has 0 aromatic rings. The Morgan fingerprint density at radius 2 is 1.69 bits per heavy atom. The van der Waals surface area contributed by atoms with Gasteiger partial charge in [0.15, 0.2) is 0 Å². The molecule has 4 saturated carbocycles. The fraction of sp³-hybridized carbons (Fsp3) is 0.900. The Labute approximate surface area is 216 Å². The van der Waals surface area contributed by atoms with Gasteiger partial charge in [0.1, 0.15) is 0 Å². The third-order valence-corrected chi connectivity index (χ3v) is 13.5. The van der Waals surface area contributed by atoms with Gasteiger partial charge in [0, 0.05) is 17.3 Å². The van der Waals surface area contributed by atoms with E-state index >= 15 is 0 Å². The molecule has 204 valence electrons. The van der Waals surface area contributed by atoms with Gasteiger partial charge in [-0.05, 0) is 86.4 Å². The van der Waals surface area contributed by atoms with E-state index in [0.29, 0.717) is 32.1 Å². The van der Waals surface area contributed by atoms with Crippen molar-refractivity contribution in [1.29, 1.82) is 0 Å². The van der Waals surface area contributed by atoms with Crippen LogP contribution in [0.25, 0.3) is 0 Å². The highest BCUT2D eigenvalue weighted by atomic mass is 16.4. The number of carbonyl (C=O) groups is 1. The van der Waals surface area contributed by atoms with Gasteiger partial charge in [-0.3, -0.25) is 4.79 Å². The molecule has 0 aliphatic heterocycles. The fourth-order valence-electron chi connectivity index (χ4n) is 11.0. The molecule has 6 heteroatoms. The average Bonchev–Trinajstić information content (AvgIpc) is 2.79. The zero-order valence-corrected chi connectivity index (χ0v) is 23.0. The largest absolute Gasteiger partial charge is 0.481 e. The van der Waals surface area contributed by atoms with Gasteiger partial charge in [-0.2, -0.15) is 0 Å². The molecule has 12 atom stereocenters. The normalized spacial score (nSPS) is 58.6. The molecule has 36 heavy (non-hydrogen) atoms. The first-order chi connectivity index (χ1) is 16.6. The maximum absolute atomic E-state index is 12.8. The van der Waals surface area contributed by atoms with Crippen LogP contribution in [0.1, 0.15) is 92.9 Å². The minimum absolute atomic E-state index is 0.00712. The summed E-state index contributed by atoms with van der Waals surface area (Å²) in [5.41, 5.74) is -2.62. The predicted molar refractivity (Wildman–Crippen MR) is 137 cm³/mol. The molecule has 5 aliphatic rings. The highest BCUT2D eigenvalue weighted by Gasteiger charge is 2.73. The summed E-state index contributed by atoms with van der Waals surface area (Å²) in [5, 5.41) is 55.6. The molecular weight excluding hydrogens is 456 g/mol. The van der Waals surface area contributed by atoms with Crippen molar-refractivity contribution in [2.45, 2.75) is 111 Å². The monoisotopic (exact) mass is 504 g/mol. The number of aliphatic hydroxyl groups is 4. The van der Waals surface area contributed by atoms with Crippen molar-refractivity contribution in [3.63, 3.8) is 0 Å². The molecule has 0 heterocycles. The van der Waals surface area contributed by atoms with Gasteiger partial charge in [0.05, 0.1) is 29.8 Å². The molecule has 5 N–H and O–H groups in total. The van der Waals surface area contributed by atoms with Crippen molar-refractivity contribution in [2.75, 3.05) is 6.61 Å². The van der Waals surface area contributed by atoms with Crippen molar-refractivity contribution in [1.82, 2.24) is 0 Å². The van der Waals surface area contributed by atoms with Crippen molar-refractivity contribution in [3.8, 4) is 0 Å². The number of aliphatic hydroxyl groups excluding tert-OH is 3. The van der Waals surface area contributed by atoms with Crippen LogP contribution < -0.4 is 0 Å². The molecule has 0 aromatic carbocycles. The summed E-state index contributed by atoms with van der Waals surface area (Å²) in [6.07, 6.45) is 6.26. The molecule has 5 aliphatic carbocycles. The van der Waals surface area contributed by atoms with Gasteiger partial charge in [0.2, 0.25) is 0 Å². The molecule has 3 unspecified atom stereocenters. The van der Waals surface area contributed by atoms with Crippen LogP contribution in [0.15, 0.2) is 11.6 Å². The van der Waals surface area contributed by atoms with Crippen molar-refractivity contribution in [3.05, 3.63) is 11.6 Å². The van der Waals surface area contributed by atoms with Crippen LogP contribution in [0, 0.1) is 50.7 Å². The zero-order chi connectivity index (χ0) is 26.7. The summed E-state index contributed by atoms with van der Waals surface area (Å²) in [7, 11) is 0. The quantitative estimate of drug-likeness (QED) is 0.361. The topological polar surface area (TPSA) is 118 Å². The molecule has 6 nitrogen and oxygen atoms in total. The molecule has 0 saturated heterocycles. The third-order valence-electron chi connectivity index (χ3n) is 13.5. The summed E-state index contributed by atoms with van der Waals surface area (Å²) in [5.74, 6) is -1.21. The number of rotatable bonds is 2. The number of hydrogen-bond acceptors (Lipinski definition) is 5. The molecule has 0 aromatic heterocycles. The van der Waals surface area contributed by atoms with Crippen molar-refractivity contribution < 1.29 is 30.3 Å². The lowest BCUT2D eigenvalue weighted by Gasteiger charge is -2.72. The summed E-state index contributed by atoms with van der Waals surface area (Å²) < 4.78 is 0. The highest BCUT2D eigenvalue weighted by molar-refractivity contribution is 5.77. The van der Waals surface area contributed by atoms with Crippen LogP contribution in [-0.4, -0.2) is 55.9 Å². The van der Waals surface area contributed by atoms with E-state index in [1.165, 1.54) is 0 Å². The van der Waals surface area contributed by atoms with E-state index in [1.807, 2.05) is 20.8 Å². The Bertz CT molecular complexity index is 974. The molecule has 0 spiro atoms.